The molecule has 0 radical (unpaired) electrons. The lowest BCUT2D eigenvalue weighted by Gasteiger charge is -2.34. The fourth-order valence-corrected chi connectivity index (χ4v) is 5.25. The Hall–Kier alpha value is -0.590. The van der Waals surface area contributed by atoms with Crippen LogP contribution in [0.3, 0.4) is 0 Å². The van der Waals surface area contributed by atoms with Crippen LogP contribution >= 0.6 is 15.9 Å². The molecule has 1 aliphatic rings. The second-order valence-electron chi connectivity index (χ2n) is 5.43. The van der Waals surface area contributed by atoms with Crippen molar-refractivity contribution in [2.75, 3.05) is 13.7 Å². The third kappa shape index (κ3) is 3.27. The van der Waals surface area contributed by atoms with E-state index in [9.17, 15) is 8.42 Å². The van der Waals surface area contributed by atoms with E-state index in [-0.39, 0.29) is 10.9 Å². The molecule has 2 rings (SSSR count). The molecule has 1 atom stereocenters. The number of aryl methyl sites for hydroxylation is 1. The van der Waals surface area contributed by atoms with E-state index in [4.69, 9.17) is 4.74 Å². The van der Waals surface area contributed by atoms with Gasteiger partial charge in [0.05, 0.1) is 7.11 Å². The molecule has 0 aliphatic carbocycles. The molecule has 118 valence electrons. The number of benzene rings is 1. The van der Waals surface area contributed by atoms with Crippen LogP contribution in [0.4, 0.5) is 0 Å². The van der Waals surface area contributed by atoms with Gasteiger partial charge in [0.1, 0.15) is 10.6 Å². The van der Waals surface area contributed by atoms with Crippen LogP contribution in [-0.2, 0) is 10.0 Å². The maximum absolute atomic E-state index is 13.0. The first-order valence-corrected chi connectivity index (χ1v) is 9.51. The SMILES string of the molecule is CC[C@@H]1CCCCN1S(=O)(=O)c1cc(Br)c(C)cc1OC. The highest BCUT2D eigenvalue weighted by Gasteiger charge is 2.34. The Balaban J connectivity index is 2.50. The van der Waals surface area contributed by atoms with Crippen molar-refractivity contribution >= 4 is 26.0 Å². The van der Waals surface area contributed by atoms with Gasteiger partial charge in [0.2, 0.25) is 10.0 Å². The fourth-order valence-electron chi connectivity index (χ4n) is 2.82. The summed E-state index contributed by atoms with van der Waals surface area (Å²) < 4.78 is 33.8. The molecule has 0 aromatic heterocycles. The number of methoxy groups -OCH3 is 1. The summed E-state index contributed by atoms with van der Waals surface area (Å²) in [7, 11) is -2.02. The number of nitrogens with zero attached hydrogens (tertiary/aromatic N) is 1. The first kappa shape index (κ1) is 16.8. The van der Waals surface area contributed by atoms with Crippen molar-refractivity contribution in [3.05, 3.63) is 22.2 Å². The molecule has 1 saturated heterocycles. The molecule has 0 unspecified atom stereocenters. The van der Waals surface area contributed by atoms with Gasteiger partial charge in [-0.2, -0.15) is 4.31 Å². The van der Waals surface area contributed by atoms with E-state index in [1.165, 1.54) is 7.11 Å². The molecule has 0 bridgehead atoms. The normalized spacial score (nSPS) is 20.5. The number of piperidine rings is 1. The van der Waals surface area contributed by atoms with Crippen molar-refractivity contribution in [1.29, 1.82) is 0 Å². The number of sulfonamides is 1. The highest BCUT2D eigenvalue weighted by atomic mass is 79.9. The van der Waals surface area contributed by atoms with Gasteiger partial charge in [-0.15, -0.1) is 0 Å². The molecular formula is C15H22BrNO3S. The zero-order chi connectivity index (χ0) is 15.6. The van der Waals surface area contributed by atoms with Crippen LogP contribution < -0.4 is 4.74 Å². The Morgan fingerprint density at radius 3 is 2.71 bits per heavy atom. The van der Waals surface area contributed by atoms with Gasteiger partial charge in [0.25, 0.3) is 0 Å². The smallest absolute Gasteiger partial charge is 0.247 e. The van der Waals surface area contributed by atoms with Gasteiger partial charge in [0, 0.05) is 17.1 Å². The predicted molar refractivity (Wildman–Crippen MR) is 87.3 cm³/mol. The van der Waals surface area contributed by atoms with Crippen molar-refractivity contribution in [3.63, 3.8) is 0 Å². The molecule has 1 fully saturated rings. The molecule has 0 amide bonds. The van der Waals surface area contributed by atoms with Gasteiger partial charge in [-0.05, 0) is 43.9 Å². The summed E-state index contributed by atoms with van der Waals surface area (Å²) in [5, 5.41) is 0. The van der Waals surface area contributed by atoms with E-state index >= 15 is 0 Å². The number of ether oxygens (including phenoxy) is 1. The minimum Gasteiger partial charge on any atom is -0.495 e. The van der Waals surface area contributed by atoms with Crippen LogP contribution in [0, 0.1) is 6.92 Å². The van der Waals surface area contributed by atoms with Crippen LogP contribution in [0.5, 0.6) is 5.75 Å². The van der Waals surface area contributed by atoms with Gasteiger partial charge in [-0.1, -0.05) is 29.3 Å². The van der Waals surface area contributed by atoms with Crippen LogP contribution in [0.2, 0.25) is 0 Å². The molecule has 0 N–H and O–H groups in total. The minimum absolute atomic E-state index is 0.0912. The molecule has 0 spiro atoms. The highest BCUT2D eigenvalue weighted by Crippen LogP contribution is 2.35. The molecule has 0 saturated carbocycles. The molecule has 1 heterocycles. The molecule has 1 aromatic rings. The standard InChI is InChI=1S/C15H22BrNO3S/c1-4-12-7-5-6-8-17(12)21(18,19)15-10-13(16)11(2)9-14(15)20-3/h9-10,12H,4-8H2,1-3H3/t12-/m1/s1. The Kier molecular flexibility index (Phi) is 5.33. The summed E-state index contributed by atoms with van der Waals surface area (Å²) in [6.07, 6.45) is 3.80. The van der Waals surface area contributed by atoms with Crippen LogP contribution in [0.15, 0.2) is 21.5 Å². The zero-order valence-electron chi connectivity index (χ0n) is 12.7. The van der Waals surface area contributed by atoms with E-state index in [0.717, 1.165) is 35.7 Å². The quantitative estimate of drug-likeness (QED) is 0.805. The predicted octanol–water partition coefficient (Wildman–Crippen LogP) is 3.72. The summed E-state index contributed by atoms with van der Waals surface area (Å²) in [6, 6.07) is 3.51. The lowest BCUT2D eigenvalue weighted by molar-refractivity contribution is 0.246. The molecule has 6 heteroatoms. The molecule has 21 heavy (non-hydrogen) atoms. The summed E-state index contributed by atoms with van der Waals surface area (Å²) in [6.45, 7) is 4.55. The van der Waals surface area contributed by atoms with E-state index in [1.54, 1.807) is 16.4 Å². The van der Waals surface area contributed by atoms with E-state index in [1.807, 2.05) is 13.8 Å². The monoisotopic (exact) mass is 375 g/mol. The summed E-state index contributed by atoms with van der Waals surface area (Å²) in [5.41, 5.74) is 0.955. The lowest BCUT2D eigenvalue weighted by atomic mass is 10.0. The third-order valence-electron chi connectivity index (χ3n) is 4.08. The summed E-state index contributed by atoms with van der Waals surface area (Å²) in [4.78, 5) is 0.253. The van der Waals surface area contributed by atoms with Gasteiger partial charge < -0.3 is 4.74 Å². The average molecular weight is 376 g/mol. The lowest BCUT2D eigenvalue weighted by Crippen LogP contribution is -2.43. The largest absolute Gasteiger partial charge is 0.495 e. The Morgan fingerprint density at radius 2 is 2.10 bits per heavy atom. The second-order valence-corrected chi connectivity index (χ2v) is 8.14. The Morgan fingerprint density at radius 1 is 1.38 bits per heavy atom. The topological polar surface area (TPSA) is 46.6 Å². The van der Waals surface area contributed by atoms with Crippen molar-refractivity contribution in [3.8, 4) is 5.75 Å². The van der Waals surface area contributed by atoms with E-state index < -0.39 is 10.0 Å². The van der Waals surface area contributed by atoms with E-state index in [2.05, 4.69) is 15.9 Å². The van der Waals surface area contributed by atoms with Gasteiger partial charge in [-0.25, -0.2) is 8.42 Å². The maximum Gasteiger partial charge on any atom is 0.247 e. The minimum atomic E-state index is -3.53. The maximum atomic E-state index is 13.0. The number of hydrogen-bond donors (Lipinski definition) is 0. The highest BCUT2D eigenvalue weighted by molar-refractivity contribution is 9.10. The van der Waals surface area contributed by atoms with Crippen molar-refractivity contribution in [2.45, 2.75) is 50.5 Å². The zero-order valence-corrected chi connectivity index (χ0v) is 15.1. The Bertz CT molecular complexity index is 616. The van der Waals surface area contributed by atoms with Gasteiger partial charge in [-0.3, -0.25) is 0 Å². The van der Waals surface area contributed by atoms with Crippen LogP contribution in [-0.4, -0.2) is 32.4 Å². The summed E-state index contributed by atoms with van der Waals surface area (Å²) in [5.74, 6) is 0.413. The molecular weight excluding hydrogens is 354 g/mol. The third-order valence-corrected chi connectivity index (χ3v) is 6.90. The van der Waals surface area contributed by atoms with Gasteiger partial charge >= 0.3 is 0 Å². The summed E-state index contributed by atoms with van der Waals surface area (Å²) >= 11 is 3.42. The van der Waals surface area contributed by atoms with Gasteiger partial charge in [0.15, 0.2) is 0 Å². The van der Waals surface area contributed by atoms with Crippen LogP contribution in [0.25, 0.3) is 0 Å². The Labute approximate surface area is 135 Å². The van der Waals surface area contributed by atoms with Crippen molar-refractivity contribution in [2.24, 2.45) is 0 Å². The van der Waals surface area contributed by atoms with E-state index in [0.29, 0.717) is 12.3 Å². The van der Waals surface area contributed by atoms with Crippen molar-refractivity contribution in [1.82, 2.24) is 4.31 Å². The van der Waals surface area contributed by atoms with Crippen LogP contribution in [0.1, 0.15) is 38.2 Å². The van der Waals surface area contributed by atoms with Crippen molar-refractivity contribution < 1.29 is 13.2 Å². The number of halogens is 1. The number of hydrogen-bond acceptors (Lipinski definition) is 3. The first-order valence-electron chi connectivity index (χ1n) is 7.27. The fraction of sp³-hybridized carbons (Fsp3) is 0.600. The second kappa shape index (κ2) is 6.67. The first-order chi connectivity index (χ1) is 9.91. The number of rotatable bonds is 4. The molecule has 1 aromatic carbocycles. The molecule has 4 nitrogen and oxygen atoms in total. The average Bonchev–Trinajstić information content (AvgIpc) is 2.49. The molecule has 1 aliphatic heterocycles.